The number of ketones is 1. The van der Waals surface area contributed by atoms with E-state index in [0.29, 0.717) is 11.5 Å². The fourth-order valence-corrected chi connectivity index (χ4v) is 0.993. The first-order valence-corrected chi connectivity index (χ1v) is 3.79. The molecule has 4 heteroatoms. The number of carbonyl (C=O) groups excluding carboxylic acids is 1. The summed E-state index contributed by atoms with van der Waals surface area (Å²) in [5.74, 6) is 0.591. The summed E-state index contributed by atoms with van der Waals surface area (Å²) in [6, 6.07) is 0.0592. The molecule has 0 spiro atoms. The molecule has 0 aromatic carbocycles. The third kappa shape index (κ3) is 1.47. The summed E-state index contributed by atoms with van der Waals surface area (Å²) in [4.78, 5) is 14.8. The second kappa shape index (κ2) is 2.97. The Morgan fingerprint density at radius 3 is 2.50 bits per heavy atom. The number of nitrogens with two attached hydrogens (primary N) is 1. The maximum Gasteiger partial charge on any atom is 0.292 e. The second-order valence-corrected chi connectivity index (χ2v) is 2.98. The average molecular weight is 168 g/mol. The zero-order chi connectivity index (χ0) is 9.30. The van der Waals surface area contributed by atoms with E-state index in [2.05, 4.69) is 4.98 Å². The molecule has 0 atom stereocenters. The molecular weight excluding hydrogens is 156 g/mol. The van der Waals surface area contributed by atoms with Crippen LogP contribution in [0.5, 0.6) is 0 Å². The molecule has 0 unspecified atom stereocenters. The van der Waals surface area contributed by atoms with Crippen molar-refractivity contribution in [1.82, 2.24) is 4.98 Å². The van der Waals surface area contributed by atoms with Gasteiger partial charge in [0.15, 0.2) is 5.78 Å². The molecule has 0 saturated carbocycles. The minimum absolute atomic E-state index is 0.0592. The van der Waals surface area contributed by atoms with Gasteiger partial charge in [0, 0.05) is 12.8 Å². The first-order chi connectivity index (χ1) is 5.52. The molecule has 2 N–H and O–H groups in total. The minimum atomic E-state index is -0.112. The van der Waals surface area contributed by atoms with Gasteiger partial charge in [-0.25, -0.2) is 0 Å². The van der Waals surface area contributed by atoms with Crippen molar-refractivity contribution in [3.8, 4) is 0 Å². The molecule has 0 bridgehead atoms. The molecular formula is C8H12N2O2. The summed E-state index contributed by atoms with van der Waals surface area (Å²) in [5, 5.41) is 0. The molecule has 0 aliphatic heterocycles. The van der Waals surface area contributed by atoms with E-state index >= 15 is 0 Å². The van der Waals surface area contributed by atoms with E-state index in [4.69, 9.17) is 10.2 Å². The van der Waals surface area contributed by atoms with Crippen LogP contribution in [0.25, 0.3) is 0 Å². The van der Waals surface area contributed by atoms with Crippen molar-refractivity contribution in [2.75, 3.05) is 5.73 Å². The lowest BCUT2D eigenvalue weighted by molar-refractivity contribution is 0.101. The topological polar surface area (TPSA) is 69.1 Å². The number of carbonyl (C=O) groups is 1. The van der Waals surface area contributed by atoms with Crippen molar-refractivity contribution in [2.24, 2.45) is 0 Å². The molecule has 66 valence electrons. The normalized spacial score (nSPS) is 10.7. The van der Waals surface area contributed by atoms with Gasteiger partial charge in [0.05, 0.1) is 0 Å². The lowest BCUT2D eigenvalue weighted by atomic mass is 10.1. The highest BCUT2D eigenvalue weighted by molar-refractivity contribution is 5.93. The van der Waals surface area contributed by atoms with E-state index in [9.17, 15) is 4.79 Å². The Morgan fingerprint density at radius 1 is 1.58 bits per heavy atom. The summed E-state index contributed by atoms with van der Waals surface area (Å²) in [5.41, 5.74) is 5.67. The Bertz CT molecular complexity index is 302. The van der Waals surface area contributed by atoms with Crippen molar-refractivity contribution in [1.29, 1.82) is 0 Å². The lowest BCUT2D eigenvalue weighted by Gasteiger charge is -1.99. The Kier molecular flexibility index (Phi) is 2.17. The van der Waals surface area contributed by atoms with Crippen LogP contribution in [0.2, 0.25) is 0 Å². The standard InChI is InChI=1S/C8H12N2O2/c1-4(2)7-6(5(3)11)10-8(9)12-7/h4H,1-3H3,(H2,9,10). The van der Waals surface area contributed by atoms with Gasteiger partial charge < -0.3 is 10.2 Å². The zero-order valence-electron chi connectivity index (χ0n) is 7.42. The monoisotopic (exact) mass is 168 g/mol. The highest BCUT2D eigenvalue weighted by Crippen LogP contribution is 2.21. The third-order valence-electron chi connectivity index (χ3n) is 1.53. The number of oxazole rings is 1. The summed E-state index contributed by atoms with van der Waals surface area (Å²) >= 11 is 0. The fourth-order valence-electron chi connectivity index (χ4n) is 0.993. The van der Waals surface area contributed by atoms with Crippen molar-refractivity contribution >= 4 is 11.8 Å². The SMILES string of the molecule is CC(=O)c1nc(N)oc1C(C)C. The number of anilines is 1. The number of rotatable bonds is 2. The van der Waals surface area contributed by atoms with Gasteiger partial charge >= 0.3 is 0 Å². The molecule has 1 rings (SSSR count). The summed E-state index contributed by atoms with van der Waals surface area (Å²) in [7, 11) is 0. The van der Waals surface area contributed by atoms with Gasteiger partial charge in [-0.1, -0.05) is 13.8 Å². The van der Waals surface area contributed by atoms with Crippen LogP contribution in [0.3, 0.4) is 0 Å². The molecule has 0 saturated heterocycles. The van der Waals surface area contributed by atoms with Gasteiger partial charge in [0.1, 0.15) is 11.5 Å². The summed E-state index contributed by atoms with van der Waals surface area (Å²) in [6.07, 6.45) is 0. The molecule has 12 heavy (non-hydrogen) atoms. The smallest absolute Gasteiger partial charge is 0.292 e. The van der Waals surface area contributed by atoms with Gasteiger partial charge in [-0.2, -0.15) is 4.98 Å². The number of hydrogen-bond acceptors (Lipinski definition) is 4. The van der Waals surface area contributed by atoms with Crippen LogP contribution in [-0.2, 0) is 0 Å². The Hall–Kier alpha value is -1.32. The van der Waals surface area contributed by atoms with Crippen molar-refractivity contribution in [3.05, 3.63) is 11.5 Å². The number of aromatic nitrogens is 1. The second-order valence-electron chi connectivity index (χ2n) is 2.98. The first-order valence-electron chi connectivity index (χ1n) is 3.79. The quantitative estimate of drug-likeness (QED) is 0.680. The van der Waals surface area contributed by atoms with E-state index < -0.39 is 0 Å². The van der Waals surface area contributed by atoms with Crippen LogP contribution >= 0.6 is 0 Å². The molecule has 0 radical (unpaired) electrons. The first kappa shape index (κ1) is 8.77. The van der Waals surface area contributed by atoms with Gasteiger partial charge in [0.2, 0.25) is 0 Å². The number of nitrogens with zero attached hydrogens (tertiary/aromatic N) is 1. The van der Waals surface area contributed by atoms with Crippen molar-refractivity contribution in [3.63, 3.8) is 0 Å². The number of Topliss-reactive ketones (excluding diaryl/α,β-unsaturated/α-hetero) is 1. The Labute approximate surface area is 70.8 Å². The van der Waals surface area contributed by atoms with Crippen molar-refractivity contribution in [2.45, 2.75) is 26.7 Å². The maximum absolute atomic E-state index is 11.0. The highest BCUT2D eigenvalue weighted by atomic mass is 16.4. The Morgan fingerprint density at radius 2 is 2.17 bits per heavy atom. The lowest BCUT2D eigenvalue weighted by Crippen LogP contribution is -1.99. The van der Waals surface area contributed by atoms with Gasteiger partial charge in [-0.15, -0.1) is 0 Å². The van der Waals surface area contributed by atoms with E-state index in [1.54, 1.807) is 0 Å². The average Bonchev–Trinajstić information content (AvgIpc) is 2.31. The molecule has 1 aromatic rings. The molecule has 0 aliphatic rings. The fraction of sp³-hybridized carbons (Fsp3) is 0.500. The van der Waals surface area contributed by atoms with Crippen LogP contribution in [-0.4, -0.2) is 10.8 Å². The van der Waals surface area contributed by atoms with Crippen LogP contribution in [0, 0.1) is 0 Å². The maximum atomic E-state index is 11.0. The predicted molar refractivity (Wildman–Crippen MR) is 45.0 cm³/mol. The third-order valence-corrected chi connectivity index (χ3v) is 1.53. The molecule has 0 aliphatic carbocycles. The van der Waals surface area contributed by atoms with Crippen LogP contribution in [0.4, 0.5) is 6.01 Å². The molecule has 1 heterocycles. The number of hydrogen-bond donors (Lipinski definition) is 1. The zero-order valence-corrected chi connectivity index (χ0v) is 7.42. The van der Waals surface area contributed by atoms with Crippen LogP contribution in [0.1, 0.15) is 42.9 Å². The Balaban J connectivity index is 3.17. The van der Waals surface area contributed by atoms with Gasteiger partial charge in [-0.05, 0) is 0 Å². The largest absolute Gasteiger partial charge is 0.428 e. The predicted octanol–water partition coefficient (Wildman–Crippen LogP) is 1.58. The summed E-state index contributed by atoms with van der Waals surface area (Å²) < 4.78 is 5.08. The van der Waals surface area contributed by atoms with E-state index in [1.165, 1.54) is 6.92 Å². The van der Waals surface area contributed by atoms with Gasteiger partial charge in [0.25, 0.3) is 6.01 Å². The van der Waals surface area contributed by atoms with Crippen LogP contribution < -0.4 is 5.73 Å². The molecule has 0 fully saturated rings. The molecule has 1 aromatic heterocycles. The molecule has 0 amide bonds. The minimum Gasteiger partial charge on any atom is -0.428 e. The van der Waals surface area contributed by atoms with E-state index in [-0.39, 0.29) is 17.7 Å². The van der Waals surface area contributed by atoms with E-state index in [0.717, 1.165) is 0 Å². The van der Waals surface area contributed by atoms with E-state index in [1.807, 2.05) is 13.8 Å². The van der Waals surface area contributed by atoms with Crippen LogP contribution in [0.15, 0.2) is 4.42 Å². The number of nitrogen functional groups attached to an aromatic ring is 1. The highest BCUT2D eigenvalue weighted by Gasteiger charge is 2.17. The molecule has 4 nitrogen and oxygen atoms in total. The van der Waals surface area contributed by atoms with Gasteiger partial charge in [-0.3, -0.25) is 4.79 Å². The van der Waals surface area contributed by atoms with Crippen molar-refractivity contribution < 1.29 is 9.21 Å². The summed E-state index contributed by atoms with van der Waals surface area (Å²) in [6.45, 7) is 5.29.